The molecule has 0 saturated heterocycles. The lowest BCUT2D eigenvalue weighted by molar-refractivity contribution is 0.102. The van der Waals surface area contributed by atoms with Crippen molar-refractivity contribution < 1.29 is 4.74 Å². The minimum Gasteiger partial charge on any atom is -0.374 e. The van der Waals surface area contributed by atoms with Crippen molar-refractivity contribution >= 4 is 27.0 Å². The molecule has 1 atom stereocenters. The topological polar surface area (TPSA) is 72.8 Å². The maximum absolute atomic E-state index is 12.3. The SMILES string of the molecule is C#C[C@@H](COCc1ccccc1)n1nc(Br)c2nc(C)[nH]c(=O)c21. The maximum atomic E-state index is 12.3. The Balaban J connectivity index is 1.85. The van der Waals surface area contributed by atoms with Gasteiger partial charge in [-0.2, -0.15) is 5.10 Å². The molecule has 24 heavy (non-hydrogen) atoms. The zero-order valence-corrected chi connectivity index (χ0v) is 14.6. The third-order valence-corrected chi connectivity index (χ3v) is 4.04. The van der Waals surface area contributed by atoms with Crippen molar-refractivity contribution in [2.45, 2.75) is 19.6 Å². The Labute approximate surface area is 147 Å². The number of fused-ring (bicyclic) bond motifs is 1. The lowest BCUT2D eigenvalue weighted by atomic mass is 10.2. The van der Waals surface area contributed by atoms with E-state index in [1.807, 2.05) is 30.3 Å². The number of benzene rings is 1. The van der Waals surface area contributed by atoms with Crippen LogP contribution < -0.4 is 5.56 Å². The van der Waals surface area contributed by atoms with Crippen LogP contribution in [0.4, 0.5) is 0 Å². The molecular weight excluding hydrogens is 372 g/mol. The van der Waals surface area contributed by atoms with E-state index in [2.05, 4.69) is 36.9 Å². The summed E-state index contributed by atoms with van der Waals surface area (Å²) in [4.78, 5) is 19.2. The van der Waals surface area contributed by atoms with Gasteiger partial charge < -0.3 is 9.72 Å². The first-order chi connectivity index (χ1) is 11.6. The van der Waals surface area contributed by atoms with Crippen LogP contribution in [0, 0.1) is 19.3 Å². The van der Waals surface area contributed by atoms with Gasteiger partial charge in [-0.15, -0.1) is 6.42 Å². The molecule has 3 rings (SSSR count). The van der Waals surface area contributed by atoms with Gasteiger partial charge in [0, 0.05) is 0 Å². The fourth-order valence-electron chi connectivity index (χ4n) is 2.41. The first-order valence-corrected chi connectivity index (χ1v) is 8.12. The summed E-state index contributed by atoms with van der Waals surface area (Å²) in [5, 5.41) is 4.32. The molecule has 0 aliphatic rings. The summed E-state index contributed by atoms with van der Waals surface area (Å²) in [7, 11) is 0. The summed E-state index contributed by atoms with van der Waals surface area (Å²) in [6.07, 6.45) is 5.63. The highest BCUT2D eigenvalue weighted by Gasteiger charge is 2.19. The summed E-state index contributed by atoms with van der Waals surface area (Å²) in [5.74, 6) is 3.14. The number of aryl methyl sites for hydroxylation is 1. The number of hydrogen-bond acceptors (Lipinski definition) is 4. The van der Waals surface area contributed by atoms with E-state index in [1.165, 1.54) is 4.68 Å². The standard InChI is InChI=1S/C17H15BrN4O2/c1-3-13(10-24-9-12-7-5-4-6-8-12)22-15-14(16(18)21-22)19-11(2)20-17(15)23/h1,4-8,13H,9-10H2,2H3,(H,19,20,23)/t13-/m0/s1. The Morgan fingerprint density at radius 1 is 1.42 bits per heavy atom. The molecule has 0 unspecified atom stereocenters. The largest absolute Gasteiger partial charge is 0.374 e. The predicted molar refractivity (Wildman–Crippen MR) is 94.6 cm³/mol. The zero-order valence-electron chi connectivity index (χ0n) is 13.0. The van der Waals surface area contributed by atoms with Crippen molar-refractivity contribution in [2.75, 3.05) is 6.61 Å². The summed E-state index contributed by atoms with van der Waals surface area (Å²) < 4.78 is 7.66. The molecule has 0 aliphatic carbocycles. The quantitative estimate of drug-likeness (QED) is 0.683. The second-order valence-electron chi connectivity index (χ2n) is 5.27. The first kappa shape index (κ1) is 16.4. The van der Waals surface area contributed by atoms with Crippen molar-refractivity contribution in [2.24, 2.45) is 0 Å². The van der Waals surface area contributed by atoms with Crippen molar-refractivity contribution in [3.05, 3.63) is 56.7 Å². The maximum Gasteiger partial charge on any atom is 0.277 e. The molecule has 0 fully saturated rings. The van der Waals surface area contributed by atoms with Crippen LogP contribution in [0.5, 0.6) is 0 Å². The summed E-state index contributed by atoms with van der Waals surface area (Å²) >= 11 is 3.33. The highest BCUT2D eigenvalue weighted by molar-refractivity contribution is 9.10. The van der Waals surface area contributed by atoms with E-state index in [9.17, 15) is 4.79 Å². The van der Waals surface area contributed by atoms with E-state index in [-0.39, 0.29) is 12.2 Å². The Morgan fingerprint density at radius 2 is 2.17 bits per heavy atom. The second-order valence-corrected chi connectivity index (χ2v) is 6.02. The van der Waals surface area contributed by atoms with Gasteiger partial charge in [-0.1, -0.05) is 36.3 Å². The van der Waals surface area contributed by atoms with Gasteiger partial charge in [0.25, 0.3) is 5.56 Å². The van der Waals surface area contributed by atoms with Crippen molar-refractivity contribution in [3.8, 4) is 12.3 Å². The number of rotatable bonds is 5. The van der Waals surface area contributed by atoms with Gasteiger partial charge in [-0.05, 0) is 28.4 Å². The Hall–Kier alpha value is -2.43. The van der Waals surface area contributed by atoms with Gasteiger partial charge in [-0.3, -0.25) is 4.79 Å². The fraction of sp³-hybridized carbons (Fsp3) is 0.235. The lowest BCUT2D eigenvalue weighted by Gasteiger charge is -2.13. The van der Waals surface area contributed by atoms with Crippen LogP contribution in [0.1, 0.15) is 17.4 Å². The minimum atomic E-state index is -0.506. The number of H-pyrrole nitrogens is 1. The molecule has 3 aromatic rings. The van der Waals surface area contributed by atoms with Gasteiger partial charge in [0.1, 0.15) is 17.4 Å². The molecule has 0 radical (unpaired) electrons. The Morgan fingerprint density at radius 3 is 2.88 bits per heavy atom. The summed E-state index contributed by atoms with van der Waals surface area (Å²) in [5.41, 5.74) is 1.59. The number of nitrogens with zero attached hydrogens (tertiary/aromatic N) is 3. The molecule has 1 aromatic carbocycles. The smallest absolute Gasteiger partial charge is 0.277 e. The van der Waals surface area contributed by atoms with E-state index in [1.54, 1.807) is 6.92 Å². The molecule has 0 aliphatic heterocycles. The van der Waals surface area contributed by atoms with E-state index in [0.717, 1.165) is 5.56 Å². The van der Waals surface area contributed by atoms with Gasteiger partial charge >= 0.3 is 0 Å². The van der Waals surface area contributed by atoms with Gasteiger partial charge in [0.05, 0.1) is 13.2 Å². The van der Waals surface area contributed by atoms with Gasteiger partial charge in [0.2, 0.25) is 0 Å². The van der Waals surface area contributed by atoms with Crippen LogP contribution in [-0.4, -0.2) is 26.4 Å². The molecule has 2 aromatic heterocycles. The van der Waals surface area contributed by atoms with Crippen LogP contribution in [0.3, 0.4) is 0 Å². The Bertz CT molecular complexity index is 956. The Kier molecular flexibility index (Phi) is 4.79. The molecule has 6 nitrogen and oxygen atoms in total. The van der Waals surface area contributed by atoms with E-state index in [0.29, 0.717) is 28.1 Å². The van der Waals surface area contributed by atoms with Crippen molar-refractivity contribution in [1.82, 2.24) is 19.7 Å². The van der Waals surface area contributed by atoms with Crippen molar-refractivity contribution in [1.29, 1.82) is 0 Å². The molecular formula is C17H15BrN4O2. The number of terminal acetylenes is 1. The molecule has 0 amide bonds. The number of ether oxygens (including phenoxy) is 1. The predicted octanol–water partition coefficient (Wildman–Crippen LogP) is 2.58. The van der Waals surface area contributed by atoms with Crippen LogP contribution in [-0.2, 0) is 11.3 Å². The third-order valence-electron chi connectivity index (χ3n) is 3.51. The van der Waals surface area contributed by atoms with Crippen LogP contribution in [0.2, 0.25) is 0 Å². The van der Waals surface area contributed by atoms with Crippen molar-refractivity contribution in [3.63, 3.8) is 0 Å². The van der Waals surface area contributed by atoms with E-state index in [4.69, 9.17) is 11.2 Å². The lowest BCUT2D eigenvalue weighted by Crippen LogP contribution is -2.20. The summed E-state index contributed by atoms with van der Waals surface area (Å²) in [6, 6.07) is 9.28. The number of halogens is 1. The average molecular weight is 387 g/mol. The number of aromatic nitrogens is 4. The first-order valence-electron chi connectivity index (χ1n) is 7.32. The molecule has 7 heteroatoms. The molecule has 1 N–H and O–H groups in total. The van der Waals surface area contributed by atoms with Crippen LogP contribution in [0.15, 0.2) is 39.7 Å². The highest BCUT2D eigenvalue weighted by atomic mass is 79.9. The number of hydrogen-bond donors (Lipinski definition) is 1. The molecule has 2 heterocycles. The van der Waals surface area contributed by atoms with E-state index >= 15 is 0 Å². The normalized spacial score (nSPS) is 12.2. The van der Waals surface area contributed by atoms with Crippen LogP contribution in [0.25, 0.3) is 11.0 Å². The average Bonchev–Trinajstić information content (AvgIpc) is 2.89. The van der Waals surface area contributed by atoms with E-state index < -0.39 is 6.04 Å². The molecule has 0 spiro atoms. The fourth-order valence-corrected chi connectivity index (χ4v) is 2.85. The van der Waals surface area contributed by atoms with Gasteiger partial charge in [0.15, 0.2) is 10.1 Å². The highest BCUT2D eigenvalue weighted by Crippen LogP contribution is 2.22. The molecule has 0 saturated carbocycles. The number of aromatic amines is 1. The minimum absolute atomic E-state index is 0.238. The van der Waals surface area contributed by atoms with Crippen LogP contribution >= 0.6 is 15.9 Å². The third kappa shape index (κ3) is 3.25. The zero-order chi connectivity index (χ0) is 17.1. The second kappa shape index (κ2) is 6.99. The summed E-state index contributed by atoms with van der Waals surface area (Å²) in [6.45, 7) is 2.39. The molecule has 0 bridgehead atoms. The van der Waals surface area contributed by atoms with Gasteiger partial charge in [-0.25, -0.2) is 9.67 Å². The number of nitrogens with one attached hydrogen (secondary N) is 1. The molecule has 122 valence electrons. The monoisotopic (exact) mass is 386 g/mol.